The Labute approximate surface area is 199 Å². The van der Waals surface area contributed by atoms with Crippen LogP contribution in [0.1, 0.15) is 23.6 Å². The van der Waals surface area contributed by atoms with Gasteiger partial charge in [-0.3, -0.25) is 4.79 Å². The highest BCUT2D eigenvalue weighted by atomic mass is 32.2. The van der Waals surface area contributed by atoms with Crippen molar-refractivity contribution in [2.24, 2.45) is 0 Å². The average Bonchev–Trinajstić information content (AvgIpc) is 2.83. The molecule has 2 heterocycles. The first-order valence-corrected chi connectivity index (χ1v) is 12.7. The molecule has 0 saturated carbocycles. The number of nitrogens with one attached hydrogen (secondary N) is 1. The van der Waals surface area contributed by atoms with Gasteiger partial charge in [0.25, 0.3) is 5.91 Å². The number of nitrogens with zero attached hydrogens (tertiary/aromatic N) is 1. The summed E-state index contributed by atoms with van der Waals surface area (Å²) in [5, 5.41) is 2.90. The van der Waals surface area contributed by atoms with Crippen molar-refractivity contribution >= 4 is 21.6 Å². The number of carbonyl (C=O) groups excluding carboxylic acids is 1. The van der Waals surface area contributed by atoms with Gasteiger partial charge in [0.1, 0.15) is 6.10 Å². The van der Waals surface area contributed by atoms with Crippen LogP contribution in [0.5, 0.6) is 11.5 Å². The van der Waals surface area contributed by atoms with Gasteiger partial charge in [0.05, 0.1) is 4.90 Å². The SMILES string of the molecule is Cc1ccc(S(=O)(=O)N2CCc3ccc(NC(=O)[C@H]4Oc5ccccc5O[C@@H]4C)cc3C2)cc1. The number of hydrogen-bond acceptors (Lipinski definition) is 5. The highest BCUT2D eigenvalue weighted by molar-refractivity contribution is 7.89. The molecule has 0 spiro atoms. The van der Waals surface area contributed by atoms with Gasteiger partial charge in [0.2, 0.25) is 16.1 Å². The summed E-state index contributed by atoms with van der Waals surface area (Å²) in [6.07, 6.45) is -0.644. The maximum Gasteiger partial charge on any atom is 0.269 e. The van der Waals surface area contributed by atoms with Crippen LogP contribution in [0.25, 0.3) is 0 Å². The number of hydrogen-bond donors (Lipinski definition) is 1. The number of amides is 1. The summed E-state index contributed by atoms with van der Waals surface area (Å²) in [7, 11) is -3.60. The molecule has 5 rings (SSSR count). The molecule has 1 N–H and O–H groups in total. The minimum Gasteiger partial charge on any atom is -0.482 e. The molecule has 0 radical (unpaired) electrons. The van der Waals surface area contributed by atoms with Crippen LogP contribution >= 0.6 is 0 Å². The van der Waals surface area contributed by atoms with Crippen LogP contribution in [-0.4, -0.2) is 37.4 Å². The van der Waals surface area contributed by atoms with E-state index in [1.165, 1.54) is 4.31 Å². The zero-order chi connectivity index (χ0) is 23.9. The summed E-state index contributed by atoms with van der Waals surface area (Å²) < 4.78 is 39.5. The molecule has 0 fully saturated rings. The number of para-hydroxylation sites is 2. The minimum absolute atomic E-state index is 0.252. The number of fused-ring (bicyclic) bond motifs is 2. The molecule has 0 bridgehead atoms. The molecule has 2 aliphatic heterocycles. The third-order valence-electron chi connectivity index (χ3n) is 6.21. The maximum absolute atomic E-state index is 13.1. The van der Waals surface area contributed by atoms with E-state index in [1.807, 2.05) is 37.3 Å². The second-order valence-corrected chi connectivity index (χ2v) is 10.6. The first-order valence-electron chi connectivity index (χ1n) is 11.2. The second-order valence-electron chi connectivity index (χ2n) is 8.68. The van der Waals surface area contributed by atoms with Gasteiger partial charge in [-0.15, -0.1) is 0 Å². The van der Waals surface area contributed by atoms with Crippen LogP contribution in [-0.2, 0) is 27.8 Å². The molecule has 176 valence electrons. The standard InChI is InChI=1S/C26H26N2O5S/c1-17-7-11-22(12-8-17)34(30,31)28-14-13-19-9-10-21(15-20(19)16-28)27-26(29)25-18(2)32-23-5-3-4-6-24(23)33-25/h3-12,15,18,25H,13-14,16H2,1-2H3,(H,27,29)/t18-,25+/m1/s1. The summed E-state index contributed by atoms with van der Waals surface area (Å²) in [5.41, 5.74) is 3.55. The Balaban J connectivity index is 1.32. The normalized spacial score (nSPS) is 19.8. The summed E-state index contributed by atoms with van der Waals surface area (Å²) in [4.78, 5) is 13.3. The highest BCUT2D eigenvalue weighted by Gasteiger charge is 2.34. The number of aryl methyl sites for hydroxylation is 1. The van der Waals surface area contributed by atoms with Crippen molar-refractivity contribution in [2.75, 3.05) is 11.9 Å². The van der Waals surface area contributed by atoms with E-state index in [4.69, 9.17) is 9.47 Å². The fourth-order valence-electron chi connectivity index (χ4n) is 4.29. The number of ether oxygens (including phenoxy) is 2. The number of sulfonamides is 1. The zero-order valence-electron chi connectivity index (χ0n) is 19.0. The van der Waals surface area contributed by atoms with Gasteiger partial charge < -0.3 is 14.8 Å². The van der Waals surface area contributed by atoms with Gasteiger partial charge in [-0.1, -0.05) is 35.9 Å². The molecule has 0 saturated heterocycles. The maximum atomic E-state index is 13.1. The van der Waals surface area contributed by atoms with Gasteiger partial charge >= 0.3 is 0 Å². The molecular formula is C26H26N2O5S. The minimum atomic E-state index is -3.60. The van der Waals surface area contributed by atoms with Crippen molar-refractivity contribution in [2.45, 2.75) is 43.9 Å². The van der Waals surface area contributed by atoms with Crippen molar-refractivity contribution in [1.29, 1.82) is 0 Å². The lowest BCUT2D eigenvalue weighted by Gasteiger charge is -2.31. The lowest BCUT2D eigenvalue weighted by atomic mass is 10.0. The molecule has 0 unspecified atom stereocenters. The van der Waals surface area contributed by atoms with E-state index in [0.29, 0.717) is 30.2 Å². The Morgan fingerprint density at radius 3 is 2.41 bits per heavy atom. The fourth-order valence-corrected chi connectivity index (χ4v) is 5.71. The van der Waals surface area contributed by atoms with Gasteiger partial charge in [0.15, 0.2) is 11.5 Å². The fraction of sp³-hybridized carbons (Fsp3) is 0.269. The smallest absolute Gasteiger partial charge is 0.269 e. The molecule has 7 nitrogen and oxygen atoms in total. The monoisotopic (exact) mass is 478 g/mol. The van der Waals surface area contributed by atoms with E-state index in [2.05, 4.69) is 5.32 Å². The summed E-state index contributed by atoms with van der Waals surface area (Å²) in [6, 6.07) is 19.8. The van der Waals surface area contributed by atoms with Crippen molar-refractivity contribution in [3.8, 4) is 11.5 Å². The first kappa shape index (κ1) is 22.4. The van der Waals surface area contributed by atoms with Crippen molar-refractivity contribution in [3.05, 3.63) is 83.4 Å². The molecule has 8 heteroatoms. The van der Waals surface area contributed by atoms with Gasteiger partial charge in [-0.25, -0.2) is 8.42 Å². The molecule has 3 aromatic carbocycles. The number of rotatable bonds is 4. The van der Waals surface area contributed by atoms with Crippen LogP contribution in [0.3, 0.4) is 0 Å². The zero-order valence-corrected chi connectivity index (χ0v) is 19.8. The largest absolute Gasteiger partial charge is 0.482 e. The van der Waals surface area contributed by atoms with Crippen molar-refractivity contribution in [1.82, 2.24) is 4.31 Å². The quantitative estimate of drug-likeness (QED) is 0.615. The molecule has 2 atom stereocenters. The molecule has 1 amide bonds. The third-order valence-corrected chi connectivity index (χ3v) is 8.07. The molecule has 0 aliphatic carbocycles. The van der Waals surface area contributed by atoms with Crippen LogP contribution < -0.4 is 14.8 Å². The Morgan fingerprint density at radius 2 is 1.68 bits per heavy atom. The Bertz CT molecular complexity index is 1340. The van der Waals surface area contributed by atoms with E-state index in [9.17, 15) is 13.2 Å². The van der Waals surface area contributed by atoms with Crippen LogP contribution in [0.2, 0.25) is 0 Å². The Kier molecular flexibility index (Phi) is 5.79. The van der Waals surface area contributed by atoms with Crippen LogP contribution in [0.4, 0.5) is 5.69 Å². The van der Waals surface area contributed by atoms with E-state index in [1.54, 1.807) is 43.3 Å². The van der Waals surface area contributed by atoms with Crippen molar-refractivity contribution < 1.29 is 22.7 Å². The molecule has 0 aromatic heterocycles. The Morgan fingerprint density at radius 1 is 0.971 bits per heavy atom. The summed E-state index contributed by atoms with van der Waals surface area (Å²) in [6.45, 7) is 4.38. The van der Waals surface area contributed by atoms with Gasteiger partial charge in [0, 0.05) is 18.8 Å². The lowest BCUT2D eigenvalue weighted by Crippen LogP contribution is -2.46. The average molecular weight is 479 g/mol. The summed E-state index contributed by atoms with van der Waals surface area (Å²) >= 11 is 0. The van der Waals surface area contributed by atoms with Crippen molar-refractivity contribution in [3.63, 3.8) is 0 Å². The van der Waals surface area contributed by atoms with Gasteiger partial charge in [-0.2, -0.15) is 4.31 Å². The summed E-state index contributed by atoms with van der Waals surface area (Å²) in [5.74, 6) is 0.827. The highest BCUT2D eigenvalue weighted by Crippen LogP contribution is 2.34. The molecular weight excluding hydrogens is 452 g/mol. The van der Waals surface area contributed by atoms with E-state index in [-0.39, 0.29) is 17.3 Å². The first-order chi connectivity index (χ1) is 16.3. The van der Waals surface area contributed by atoms with E-state index < -0.39 is 22.2 Å². The third kappa shape index (κ3) is 4.26. The molecule has 2 aliphatic rings. The molecule has 3 aromatic rings. The second kappa shape index (κ2) is 8.77. The molecule has 34 heavy (non-hydrogen) atoms. The van der Waals surface area contributed by atoms with E-state index in [0.717, 1.165) is 16.7 Å². The predicted molar refractivity (Wildman–Crippen MR) is 128 cm³/mol. The van der Waals surface area contributed by atoms with Gasteiger partial charge in [-0.05, 0) is 67.8 Å². The van der Waals surface area contributed by atoms with Crippen LogP contribution in [0.15, 0.2) is 71.6 Å². The topological polar surface area (TPSA) is 84.9 Å². The Hall–Kier alpha value is -3.36. The number of carbonyl (C=O) groups is 1. The predicted octanol–water partition coefficient (Wildman–Crippen LogP) is 3.91. The number of benzene rings is 3. The lowest BCUT2D eigenvalue weighted by molar-refractivity contribution is -0.128. The van der Waals surface area contributed by atoms with E-state index >= 15 is 0 Å². The number of anilines is 1. The van der Waals surface area contributed by atoms with Crippen LogP contribution in [0, 0.1) is 6.92 Å².